The molecule has 0 aliphatic heterocycles. The molecule has 0 aromatic heterocycles. The fourth-order valence-corrected chi connectivity index (χ4v) is 2.50. The lowest BCUT2D eigenvalue weighted by Crippen LogP contribution is -2.30. The molecule has 0 spiro atoms. The number of rotatable bonds is 6. The maximum absolute atomic E-state index is 11.9. The summed E-state index contributed by atoms with van der Waals surface area (Å²) in [6.45, 7) is 3.83. The number of hydrogen-bond acceptors (Lipinski definition) is 7. The highest BCUT2D eigenvalue weighted by Gasteiger charge is 2.28. The summed E-state index contributed by atoms with van der Waals surface area (Å²) in [5, 5.41) is 0. The van der Waals surface area contributed by atoms with E-state index < -0.39 is 12.0 Å². The van der Waals surface area contributed by atoms with Gasteiger partial charge in [-0.15, -0.1) is 23.5 Å². The van der Waals surface area contributed by atoms with Crippen LogP contribution in [-0.2, 0) is 19.1 Å². The Kier molecular flexibility index (Phi) is 9.77. The second kappa shape index (κ2) is 10.1. The number of esters is 2. The van der Waals surface area contributed by atoms with E-state index in [1.54, 1.807) is 13.8 Å². The van der Waals surface area contributed by atoms with E-state index in [0.717, 1.165) is 4.38 Å². The molecule has 0 unspecified atom stereocenters. The van der Waals surface area contributed by atoms with Gasteiger partial charge in [-0.1, -0.05) is 6.92 Å². The summed E-state index contributed by atoms with van der Waals surface area (Å²) in [7, 11) is 1.33. The van der Waals surface area contributed by atoms with E-state index in [1.807, 2.05) is 12.5 Å². The molecule has 0 saturated carbocycles. The summed E-state index contributed by atoms with van der Waals surface area (Å²) >= 11 is 2.93. The number of ether oxygens (including phenoxy) is 2. The van der Waals surface area contributed by atoms with Crippen LogP contribution in [0, 0.1) is 5.92 Å². The van der Waals surface area contributed by atoms with Gasteiger partial charge in [-0.2, -0.15) is 0 Å². The third kappa shape index (κ3) is 6.87. The van der Waals surface area contributed by atoms with Crippen LogP contribution in [0.25, 0.3) is 0 Å². The van der Waals surface area contributed by atoms with Gasteiger partial charge in [0.25, 0.3) is 0 Å². The molecule has 5 nitrogen and oxygen atoms in total. The van der Waals surface area contributed by atoms with Crippen LogP contribution in [0.3, 0.4) is 0 Å². The number of thioether (sulfide) groups is 2. The Morgan fingerprint density at radius 3 is 2.26 bits per heavy atom. The van der Waals surface area contributed by atoms with Gasteiger partial charge in [-0.25, -0.2) is 4.79 Å². The first-order valence-corrected chi connectivity index (χ1v) is 8.34. The highest BCUT2D eigenvalue weighted by atomic mass is 32.2. The number of methoxy groups -OCH3 is 1. The van der Waals surface area contributed by atoms with Gasteiger partial charge in [0.15, 0.2) is 6.04 Å². The highest BCUT2D eigenvalue weighted by molar-refractivity contribution is 8.38. The van der Waals surface area contributed by atoms with Gasteiger partial charge in [-0.05, 0) is 25.4 Å². The maximum Gasteiger partial charge on any atom is 0.331 e. The minimum absolute atomic E-state index is 0.138. The molecule has 0 fully saturated rings. The zero-order valence-corrected chi connectivity index (χ0v) is 13.6. The lowest BCUT2D eigenvalue weighted by molar-refractivity contribution is -0.147. The van der Waals surface area contributed by atoms with Gasteiger partial charge in [0.2, 0.25) is 0 Å². The summed E-state index contributed by atoms with van der Waals surface area (Å²) in [5.41, 5.74) is 0. The van der Waals surface area contributed by atoms with Crippen LogP contribution in [0.15, 0.2) is 4.99 Å². The Balaban J connectivity index is 4.99. The summed E-state index contributed by atoms with van der Waals surface area (Å²) in [6.07, 6.45) is 3.92. The first-order valence-electron chi connectivity index (χ1n) is 5.89. The molecule has 0 aromatic rings. The SMILES string of the molecule is CCOC(=O)[C@@H](N=C(SC)SC)[C@H](C)CC(=O)OC. The number of hydrogen-bond donors (Lipinski definition) is 0. The van der Waals surface area contributed by atoms with E-state index in [1.165, 1.54) is 30.6 Å². The molecule has 0 aromatic carbocycles. The number of carbonyl (C=O) groups is 2. The largest absolute Gasteiger partial charge is 0.469 e. The normalized spacial score (nSPS) is 13.3. The quantitative estimate of drug-likeness (QED) is 0.426. The van der Waals surface area contributed by atoms with E-state index in [2.05, 4.69) is 9.73 Å². The van der Waals surface area contributed by atoms with E-state index in [4.69, 9.17) is 4.74 Å². The molecule has 0 amide bonds. The molecule has 0 aliphatic carbocycles. The second-order valence-electron chi connectivity index (χ2n) is 3.76. The molecule has 0 saturated heterocycles. The predicted molar refractivity (Wildman–Crippen MR) is 80.7 cm³/mol. The Morgan fingerprint density at radius 2 is 1.84 bits per heavy atom. The molecular formula is C12H21NO4S2. The molecule has 110 valence electrons. The first-order chi connectivity index (χ1) is 8.99. The van der Waals surface area contributed by atoms with Crippen LogP contribution in [0.4, 0.5) is 0 Å². The Morgan fingerprint density at radius 1 is 1.26 bits per heavy atom. The summed E-state index contributed by atoms with van der Waals surface area (Å²) < 4.78 is 10.4. The molecule has 0 rings (SSSR count). The lowest BCUT2D eigenvalue weighted by Gasteiger charge is -2.18. The van der Waals surface area contributed by atoms with Crippen molar-refractivity contribution in [3.63, 3.8) is 0 Å². The number of aliphatic imine (C=N–C) groups is 1. The highest BCUT2D eigenvalue weighted by Crippen LogP contribution is 2.19. The Hall–Kier alpha value is -0.690. The molecule has 0 radical (unpaired) electrons. The van der Waals surface area contributed by atoms with Crippen molar-refractivity contribution in [3.05, 3.63) is 0 Å². The molecule has 19 heavy (non-hydrogen) atoms. The summed E-state index contributed by atoms with van der Waals surface area (Å²) in [4.78, 5) is 27.6. The van der Waals surface area contributed by atoms with E-state index in [9.17, 15) is 9.59 Å². The van der Waals surface area contributed by atoms with Gasteiger partial charge in [-0.3, -0.25) is 9.79 Å². The van der Waals surface area contributed by atoms with Crippen molar-refractivity contribution >= 4 is 39.8 Å². The van der Waals surface area contributed by atoms with Crippen molar-refractivity contribution in [2.45, 2.75) is 26.3 Å². The molecule has 0 bridgehead atoms. The van der Waals surface area contributed by atoms with Crippen LogP contribution in [0.5, 0.6) is 0 Å². The minimum Gasteiger partial charge on any atom is -0.469 e. The van der Waals surface area contributed by atoms with Crippen molar-refractivity contribution in [2.24, 2.45) is 10.9 Å². The van der Waals surface area contributed by atoms with Gasteiger partial charge < -0.3 is 9.47 Å². The maximum atomic E-state index is 11.9. The average Bonchev–Trinajstić information content (AvgIpc) is 2.39. The predicted octanol–water partition coefficient (Wildman–Crippen LogP) is 2.20. The van der Waals surface area contributed by atoms with Gasteiger partial charge in [0, 0.05) is 0 Å². The minimum atomic E-state index is -0.672. The zero-order valence-electron chi connectivity index (χ0n) is 12.0. The van der Waals surface area contributed by atoms with Gasteiger partial charge in [0.05, 0.1) is 20.1 Å². The Labute approximate surface area is 122 Å². The third-order valence-electron chi connectivity index (χ3n) is 2.38. The monoisotopic (exact) mass is 307 g/mol. The van der Waals surface area contributed by atoms with Crippen LogP contribution in [0.2, 0.25) is 0 Å². The van der Waals surface area contributed by atoms with Crippen LogP contribution in [0.1, 0.15) is 20.3 Å². The number of nitrogens with zero attached hydrogens (tertiary/aromatic N) is 1. The summed E-state index contributed by atoms with van der Waals surface area (Å²) in [5.74, 6) is -1.02. The topological polar surface area (TPSA) is 65.0 Å². The zero-order chi connectivity index (χ0) is 14.8. The average molecular weight is 307 g/mol. The van der Waals surface area contributed by atoms with Crippen molar-refractivity contribution in [1.29, 1.82) is 0 Å². The first kappa shape index (κ1) is 18.3. The standard InChI is InChI=1S/C12H21NO4S2/c1-6-17-11(15)10(13-12(18-4)19-5)8(2)7-9(14)16-3/h8,10H,6-7H2,1-5H3/t8-,10+/m1/s1. The van der Waals surface area contributed by atoms with Gasteiger partial charge >= 0.3 is 11.9 Å². The van der Waals surface area contributed by atoms with E-state index in [0.29, 0.717) is 6.61 Å². The molecule has 2 atom stereocenters. The van der Waals surface area contributed by atoms with Crippen molar-refractivity contribution in [1.82, 2.24) is 0 Å². The van der Waals surface area contributed by atoms with Crippen molar-refractivity contribution in [3.8, 4) is 0 Å². The second-order valence-corrected chi connectivity index (χ2v) is 5.61. The number of carbonyl (C=O) groups excluding carboxylic acids is 2. The van der Waals surface area contributed by atoms with Gasteiger partial charge in [0.1, 0.15) is 4.38 Å². The fourth-order valence-electron chi connectivity index (χ4n) is 1.40. The molecule has 0 aliphatic rings. The van der Waals surface area contributed by atoms with Crippen LogP contribution < -0.4 is 0 Å². The molecule has 7 heteroatoms. The smallest absolute Gasteiger partial charge is 0.331 e. The van der Waals surface area contributed by atoms with E-state index >= 15 is 0 Å². The lowest BCUT2D eigenvalue weighted by atomic mass is 9.99. The van der Waals surface area contributed by atoms with Crippen LogP contribution in [-0.4, -0.2) is 48.6 Å². The van der Waals surface area contributed by atoms with Crippen molar-refractivity contribution in [2.75, 3.05) is 26.2 Å². The van der Waals surface area contributed by atoms with Crippen LogP contribution >= 0.6 is 23.5 Å². The molecule has 0 heterocycles. The fraction of sp³-hybridized carbons (Fsp3) is 0.750. The van der Waals surface area contributed by atoms with E-state index in [-0.39, 0.29) is 18.3 Å². The molecule has 0 N–H and O–H groups in total. The van der Waals surface area contributed by atoms with Crippen molar-refractivity contribution < 1.29 is 19.1 Å². The third-order valence-corrected chi connectivity index (χ3v) is 4.29. The Bertz CT molecular complexity index is 328. The molecular weight excluding hydrogens is 286 g/mol. The summed E-state index contributed by atoms with van der Waals surface area (Å²) in [6, 6.07) is -0.672.